The summed E-state index contributed by atoms with van der Waals surface area (Å²) < 4.78 is 0. The Morgan fingerprint density at radius 3 is 2.00 bits per heavy atom. The number of rotatable bonds is 4. The van der Waals surface area contributed by atoms with Crippen LogP contribution < -0.4 is 5.73 Å². The van der Waals surface area contributed by atoms with Crippen LogP contribution in [-0.4, -0.2) is 22.8 Å². The number of carbonyl (C=O) groups excluding carboxylic acids is 2. The van der Waals surface area contributed by atoms with Gasteiger partial charge in [0.05, 0.1) is 5.56 Å². The number of amides is 1. The predicted octanol–water partition coefficient (Wildman–Crippen LogP) is 0.543. The second-order valence-corrected chi connectivity index (χ2v) is 3.37. The minimum absolute atomic E-state index is 0.0931. The van der Waals surface area contributed by atoms with Crippen LogP contribution in [0.2, 0.25) is 0 Å². The molecule has 1 atom stereocenters. The maximum atomic E-state index is 11.2. The molecule has 3 N–H and O–H groups in total. The van der Waals surface area contributed by atoms with E-state index in [0.29, 0.717) is 5.56 Å². The van der Waals surface area contributed by atoms with Gasteiger partial charge in [0.15, 0.2) is 0 Å². The largest absolute Gasteiger partial charge is 0.478 e. The normalized spacial score (nSPS) is 11.8. The summed E-state index contributed by atoms with van der Waals surface area (Å²) in [6.07, 6.45) is 0. The van der Waals surface area contributed by atoms with Crippen molar-refractivity contribution < 1.29 is 19.5 Å². The van der Waals surface area contributed by atoms with Gasteiger partial charge >= 0.3 is 5.97 Å². The first-order chi connectivity index (χ1) is 7.43. The fourth-order valence-electron chi connectivity index (χ4n) is 1.42. The van der Waals surface area contributed by atoms with Gasteiger partial charge in [-0.2, -0.15) is 0 Å². The van der Waals surface area contributed by atoms with Gasteiger partial charge < -0.3 is 10.8 Å². The van der Waals surface area contributed by atoms with E-state index >= 15 is 0 Å². The van der Waals surface area contributed by atoms with Gasteiger partial charge in [-0.1, -0.05) is 12.1 Å². The van der Waals surface area contributed by atoms with Crippen LogP contribution in [0.5, 0.6) is 0 Å². The number of nitrogens with two attached hydrogens (primary N) is 1. The van der Waals surface area contributed by atoms with Gasteiger partial charge in [-0.15, -0.1) is 0 Å². The molecule has 0 heterocycles. The van der Waals surface area contributed by atoms with Crippen molar-refractivity contribution >= 4 is 17.7 Å². The number of aromatic carboxylic acids is 1. The Kier molecular flexibility index (Phi) is 3.40. The number of hydrogen-bond donors (Lipinski definition) is 2. The monoisotopic (exact) mass is 221 g/mol. The first-order valence-electron chi connectivity index (χ1n) is 4.56. The second-order valence-electron chi connectivity index (χ2n) is 3.37. The SMILES string of the molecule is CC(=O)C(C(N)=O)c1ccc(C(=O)O)cc1. The summed E-state index contributed by atoms with van der Waals surface area (Å²) >= 11 is 0. The summed E-state index contributed by atoms with van der Waals surface area (Å²) in [6, 6.07) is 5.49. The van der Waals surface area contributed by atoms with Crippen LogP contribution in [0.4, 0.5) is 0 Å². The van der Waals surface area contributed by atoms with E-state index in [-0.39, 0.29) is 11.3 Å². The fourth-order valence-corrected chi connectivity index (χ4v) is 1.42. The minimum Gasteiger partial charge on any atom is -0.478 e. The van der Waals surface area contributed by atoms with Crippen molar-refractivity contribution in [1.82, 2.24) is 0 Å². The van der Waals surface area contributed by atoms with Crippen molar-refractivity contribution in [2.75, 3.05) is 0 Å². The van der Waals surface area contributed by atoms with Crippen LogP contribution >= 0.6 is 0 Å². The lowest BCUT2D eigenvalue weighted by Crippen LogP contribution is -2.26. The molecular weight excluding hydrogens is 210 g/mol. The van der Waals surface area contributed by atoms with E-state index in [2.05, 4.69) is 0 Å². The molecule has 1 rings (SSSR count). The molecule has 0 bridgehead atoms. The Hall–Kier alpha value is -2.17. The number of primary amides is 1. The minimum atomic E-state index is -1.06. The van der Waals surface area contributed by atoms with Crippen molar-refractivity contribution in [3.63, 3.8) is 0 Å². The van der Waals surface area contributed by atoms with Gasteiger partial charge in [-0.3, -0.25) is 9.59 Å². The van der Waals surface area contributed by atoms with Gasteiger partial charge in [0.1, 0.15) is 11.7 Å². The molecular formula is C11H11NO4. The predicted molar refractivity (Wildman–Crippen MR) is 56.0 cm³/mol. The van der Waals surface area contributed by atoms with E-state index in [1.807, 2.05) is 0 Å². The van der Waals surface area contributed by atoms with Crippen molar-refractivity contribution in [3.05, 3.63) is 35.4 Å². The highest BCUT2D eigenvalue weighted by molar-refractivity contribution is 6.05. The van der Waals surface area contributed by atoms with Crippen molar-refractivity contribution in [1.29, 1.82) is 0 Å². The van der Waals surface area contributed by atoms with Crippen molar-refractivity contribution in [2.24, 2.45) is 5.73 Å². The lowest BCUT2D eigenvalue weighted by molar-refractivity contribution is -0.127. The molecule has 1 unspecified atom stereocenters. The molecule has 1 aromatic carbocycles. The molecule has 0 aliphatic heterocycles. The zero-order valence-corrected chi connectivity index (χ0v) is 8.64. The van der Waals surface area contributed by atoms with E-state index in [4.69, 9.17) is 10.8 Å². The molecule has 1 aromatic rings. The van der Waals surface area contributed by atoms with E-state index in [1.54, 1.807) is 0 Å². The molecule has 0 spiro atoms. The number of Topliss-reactive ketones (excluding diaryl/α,β-unsaturated/α-hetero) is 1. The maximum absolute atomic E-state index is 11.2. The van der Waals surface area contributed by atoms with E-state index in [9.17, 15) is 14.4 Å². The lowest BCUT2D eigenvalue weighted by atomic mass is 9.94. The summed E-state index contributed by atoms with van der Waals surface area (Å²) in [5.41, 5.74) is 5.59. The summed E-state index contributed by atoms with van der Waals surface area (Å²) in [7, 11) is 0. The number of carboxylic acids is 1. The second kappa shape index (κ2) is 4.57. The number of benzene rings is 1. The Bertz CT molecular complexity index is 422. The van der Waals surface area contributed by atoms with Crippen LogP contribution in [-0.2, 0) is 9.59 Å². The van der Waals surface area contributed by atoms with Crippen LogP contribution in [0.3, 0.4) is 0 Å². The average molecular weight is 221 g/mol. The Balaban J connectivity index is 3.08. The zero-order chi connectivity index (χ0) is 12.3. The van der Waals surface area contributed by atoms with Gasteiger partial charge in [-0.05, 0) is 24.6 Å². The lowest BCUT2D eigenvalue weighted by Gasteiger charge is -2.09. The van der Waals surface area contributed by atoms with E-state index in [0.717, 1.165) is 0 Å². The third-order valence-corrected chi connectivity index (χ3v) is 2.18. The molecule has 5 nitrogen and oxygen atoms in total. The summed E-state index contributed by atoms with van der Waals surface area (Å²) in [4.78, 5) is 32.8. The number of carbonyl (C=O) groups is 3. The van der Waals surface area contributed by atoms with Gasteiger partial charge in [0.25, 0.3) is 0 Å². The Morgan fingerprint density at radius 2 is 1.69 bits per heavy atom. The van der Waals surface area contributed by atoms with Gasteiger partial charge in [0.2, 0.25) is 5.91 Å². The van der Waals surface area contributed by atoms with Crippen molar-refractivity contribution in [3.8, 4) is 0 Å². The molecule has 84 valence electrons. The standard InChI is InChI=1S/C11H11NO4/c1-6(13)9(10(12)14)7-2-4-8(5-3-7)11(15)16/h2-5,9H,1H3,(H2,12,14)(H,15,16). The van der Waals surface area contributed by atoms with Crippen LogP contribution in [0.15, 0.2) is 24.3 Å². The van der Waals surface area contributed by atoms with Crippen molar-refractivity contribution in [2.45, 2.75) is 12.8 Å². The molecule has 0 saturated carbocycles. The summed E-state index contributed by atoms with van der Waals surface area (Å²) in [6.45, 7) is 1.26. The maximum Gasteiger partial charge on any atom is 0.335 e. The van der Waals surface area contributed by atoms with E-state index < -0.39 is 17.8 Å². The molecule has 0 fully saturated rings. The first kappa shape index (κ1) is 11.9. The third kappa shape index (κ3) is 2.44. The highest BCUT2D eigenvalue weighted by Gasteiger charge is 2.22. The molecule has 1 amide bonds. The topological polar surface area (TPSA) is 97.5 Å². The fraction of sp³-hybridized carbons (Fsp3) is 0.182. The molecule has 0 aromatic heterocycles. The Labute approximate surface area is 91.9 Å². The Morgan fingerprint density at radius 1 is 1.19 bits per heavy atom. The highest BCUT2D eigenvalue weighted by Crippen LogP contribution is 2.17. The first-order valence-corrected chi connectivity index (χ1v) is 4.56. The van der Waals surface area contributed by atoms with Gasteiger partial charge in [-0.25, -0.2) is 4.79 Å². The smallest absolute Gasteiger partial charge is 0.335 e. The van der Waals surface area contributed by atoms with Crippen LogP contribution in [0.1, 0.15) is 28.8 Å². The quantitative estimate of drug-likeness (QED) is 0.725. The molecule has 5 heteroatoms. The van der Waals surface area contributed by atoms with E-state index in [1.165, 1.54) is 31.2 Å². The number of carboxylic acid groups (broad SMARTS) is 1. The molecule has 0 radical (unpaired) electrons. The average Bonchev–Trinajstić information content (AvgIpc) is 2.17. The molecule has 0 aliphatic carbocycles. The third-order valence-electron chi connectivity index (χ3n) is 2.18. The summed E-state index contributed by atoms with van der Waals surface area (Å²) in [5, 5.41) is 8.67. The zero-order valence-electron chi connectivity index (χ0n) is 8.64. The van der Waals surface area contributed by atoms with Gasteiger partial charge in [0, 0.05) is 0 Å². The number of hydrogen-bond acceptors (Lipinski definition) is 3. The molecule has 0 aliphatic rings. The highest BCUT2D eigenvalue weighted by atomic mass is 16.4. The molecule has 0 saturated heterocycles. The van der Waals surface area contributed by atoms with Crippen LogP contribution in [0.25, 0.3) is 0 Å². The number of ketones is 1. The van der Waals surface area contributed by atoms with Crippen LogP contribution in [0, 0.1) is 0 Å². The molecule has 16 heavy (non-hydrogen) atoms. The summed E-state index contributed by atoms with van der Waals surface area (Å²) in [5.74, 6) is -3.18.